The van der Waals surface area contributed by atoms with Crippen LogP contribution >= 0.6 is 0 Å². The molecule has 0 aliphatic rings. The number of nitrogens with zero attached hydrogens (tertiary/aromatic N) is 1. The largest absolute Gasteiger partial charge is 0.193 e. The van der Waals surface area contributed by atoms with Crippen molar-refractivity contribution in [1.82, 2.24) is 0 Å². The minimum atomic E-state index is 1.25. The minimum absolute atomic E-state index is 1.25. The van der Waals surface area contributed by atoms with Gasteiger partial charge in [-0.05, 0) is 6.08 Å². The van der Waals surface area contributed by atoms with Gasteiger partial charge >= 0.3 is 0 Å². The maximum atomic E-state index is 7.76. The van der Waals surface area contributed by atoms with E-state index in [1.165, 1.54) is 12.2 Å². The Morgan fingerprint density at radius 2 is 2.17 bits per heavy atom. The number of hydrogen-bond acceptors (Lipinski definition) is 1. The molecular weight excluding hydrogens is 74.1 g/mol. The van der Waals surface area contributed by atoms with Gasteiger partial charge in [0.05, 0.1) is 6.07 Å². The molecule has 0 saturated heterocycles. The quantitative estimate of drug-likeness (QED) is 0.308. The topological polar surface area (TPSA) is 23.8 Å². The lowest BCUT2D eigenvalue weighted by Crippen LogP contribution is -1.40. The second-order valence-electron chi connectivity index (χ2n) is 0.629. The molecule has 0 aliphatic heterocycles. The molecule has 0 N–H and O–H groups in total. The SMILES string of the molecule is C#C/C=C/C#N. The Kier molecular flexibility index (Phi) is 3.03. The fourth-order valence-corrected chi connectivity index (χ4v) is 0.0854. The van der Waals surface area contributed by atoms with Gasteiger partial charge in [-0.3, -0.25) is 0 Å². The fraction of sp³-hybridized carbons (Fsp3) is 0. The number of rotatable bonds is 0. The Morgan fingerprint density at radius 3 is 2.33 bits per heavy atom. The van der Waals surface area contributed by atoms with Crippen LogP contribution in [0.2, 0.25) is 0 Å². The van der Waals surface area contributed by atoms with Gasteiger partial charge < -0.3 is 0 Å². The molecule has 0 aliphatic carbocycles. The Labute approximate surface area is 36.9 Å². The van der Waals surface area contributed by atoms with Crippen LogP contribution in [0.15, 0.2) is 12.2 Å². The zero-order valence-electron chi connectivity index (χ0n) is 3.18. The second kappa shape index (κ2) is 3.79. The van der Waals surface area contributed by atoms with E-state index in [4.69, 9.17) is 11.7 Å². The van der Waals surface area contributed by atoms with Gasteiger partial charge in [-0.15, -0.1) is 6.42 Å². The van der Waals surface area contributed by atoms with Crippen LogP contribution in [0, 0.1) is 23.7 Å². The summed E-state index contributed by atoms with van der Waals surface area (Å²) in [5, 5.41) is 7.76. The Hall–Kier alpha value is -1.21. The van der Waals surface area contributed by atoms with Gasteiger partial charge in [-0.2, -0.15) is 5.26 Å². The van der Waals surface area contributed by atoms with Crippen LogP contribution < -0.4 is 0 Å². The summed E-state index contributed by atoms with van der Waals surface area (Å²) in [6.07, 6.45) is 7.32. The second-order valence-corrected chi connectivity index (χ2v) is 0.629. The van der Waals surface area contributed by atoms with E-state index in [0.29, 0.717) is 0 Å². The first-order valence-corrected chi connectivity index (χ1v) is 1.42. The van der Waals surface area contributed by atoms with Gasteiger partial charge in [0, 0.05) is 6.08 Å². The predicted molar refractivity (Wildman–Crippen MR) is 23.6 cm³/mol. The molecule has 0 amide bonds. The van der Waals surface area contributed by atoms with Crippen LogP contribution in [0.25, 0.3) is 0 Å². The molecule has 1 heteroatoms. The van der Waals surface area contributed by atoms with Crippen molar-refractivity contribution < 1.29 is 0 Å². The molecular formula is C5H3N. The maximum Gasteiger partial charge on any atom is 0.0918 e. The van der Waals surface area contributed by atoms with Crippen molar-refractivity contribution in [2.24, 2.45) is 0 Å². The summed E-state index contributed by atoms with van der Waals surface area (Å²) < 4.78 is 0. The van der Waals surface area contributed by atoms with Crippen LogP contribution in [-0.2, 0) is 0 Å². The van der Waals surface area contributed by atoms with E-state index in [1.54, 1.807) is 6.07 Å². The van der Waals surface area contributed by atoms with Crippen molar-refractivity contribution in [3.8, 4) is 18.4 Å². The van der Waals surface area contributed by atoms with Gasteiger partial charge in [0.1, 0.15) is 0 Å². The Balaban J connectivity index is 3.36. The molecule has 0 fully saturated rings. The molecule has 0 rings (SSSR count). The molecule has 0 saturated carbocycles. The standard InChI is InChI=1S/C5H3N/c1-2-3-4-5-6/h1,3-4H/b4-3+. The van der Waals surface area contributed by atoms with E-state index in [2.05, 4.69) is 5.92 Å². The Morgan fingerprint density at radius 1 is 1.50 bits per heavy atom. The zero-order valence-corrected chi connectivity index (χ0v) is 3.18. The van der Waals surface area contributed by atoms with E-state index >= 15 is 0 Å². The molecule has 0 unspecified atom stereocenters. The van der Waals surface area contributed by atoms with Gasteiger partial charge in [0.2, 0.25) is 0 Å². The van der Waals surface area contributed by atoms with Gasteiger partial charge in [-0.1, -0.05) is 5.92 Å². The zero-order chi connectivity index (χ0) is 4.83. The monoisotopic (exact) mass is 77.0 g/mol. The molecule has 0 aromatic carbocycles. The van der Waals surface area contributed by atoms with Crippen LogP contribution in [0.3, 0.4) is 0 Å². The summed E-state index contributed by atoms with van der Waals surface area (Å²) in [4.78, 5) is 0. The van der Waals surface area contributed by atoms with E-state index in [9.17, 15) is 0 Å². The first-order valence-electron chi connectivity index (χ1n) is 1.42. The highest BCUT2D eigenvalue weighted by atomic mass is 14.2. The van der Waals surface area contributed by atoms with Crippen molar-refractivity contribution in [2.45, 2.75) is 0 Å². The van der Waals surface area contributed by atoms with Crippen molar-refractivity contribution in [2.75, 3.05) is 0 Å². The summed E-state index contributed by atoms with van der Waals surface area (Å²) in [6.45, 7) is 0. The smallest absolute Gasteiger partial charge is 0.0918 e. The molecule has 0 aromatic heterocycles. The van der Waals surface area contributed by atoms with Crippen LogP contribution in [0.1, 0.15) is 0 Å². The van der Waals surface area contributed by atoms with E-state index in [-0.39, 0.29) is 0 Å². The van der Waals surface area contributed by atoms with Crippen molar-refractivity contribution in [1.29, 1.82) is 5.26 Å². The number of terminal acetylenes is 1. The summed E-state index contributed by atoms with van der Waals surface area (Å²) in [5.74, 6) is 2.17. The van der Waals surface area contributed by atoms with Crippen molar-refractivity contribution in [3.63, 3.8) is 0 Å². The van der Waals surface area contributed by atoms with Crippen LogP contribution in [0.4, 0.5) is 0 Å². The first-order chi connectivity index (χ1) is 2.91. The first kappa shape index (κ1) is 4.79. The molecule has 0 heterocycles. The van der Waals surface area contributed by atoms with E-state index in [0.717, 1.165) is 0 Å². The van der Waals surface area contributed by atoms with Crippen molar-refractivity contribution >= 4 is 0 Å². The van der Waals surface area contributed by atoms with E-state index in [1.807, 2.05) is 0 Å². The third-order valence-electron chi connectivity index (χ3n) is 0.254. The molecule has 28 valence electrons. The molecule has 0 spiro atoms. The normalized spacial score (nSPS) is 7.00. The maximum absolute atomic E-state index is 7.76. The number of allylic oxidation sites excluding steroid dienone is 2. The summed E-state index contributed by atoms with van der Waals surface area (Å²) in [7, 11) is 0. The summed E-state index contributed by atoms with van der Waals surface area (Å²) in [5.41, 5.74) is 0. The van der Waals surface area contributed by atoms with Crippen LogP contribution in [0.5, 0.6) is 0 Å². The molecule has 0 radical (unpaired) electrons. The highest BCUT2D eigenvalue weighted by Gasteiger charge is 1.50. The van der Waals surface area contributed by atoms with Gasteiger partial charge in [-0.25, -0.2) is 0 Å². The van der Waals surface area contributed by atoms with Gasteiger partial charge in [0.25, 0.3) is 0 Å². The summed E-state index contributed by atoms with van der Waals surface area (Å²) >= 11 is 0. The highest BCUT2D eigenvalue weighted by Crippen LogP contribution is 1.59. The molecule has 6 heavy (non-hydrogen) atoms. The molecule has 1 nitrogen and oxygen atoms in total. The molecule has 0 bridgehead atoms. The Bertz CT molecular complexity index is 104. The minimum Gasteiger partial charge on any atom is -0.193 e. The lowest BCUT2D eigenvalue weighted by atomic mass is 10.5. The number of hydrogen-bond donors (Lipinski definition) is 0. The van der Waals surface area contributed by atoms with Crippen LogP contribution in [-0.4, -0.2) is 0 Å². The number of nitriles is 1. The lowest BCUT2D eigenvalue weighted by molar-refractivity contribution is 1.53. The predicted octanol–water partition coefficient (Wildman–Crippen LogP) is 0.699. The average Bonchev–Trinajstić information content (AvgIpc) is 1.61. The molecule has 0 atom stereocenters. The average molecular weight is 77.1 g/mol. The highest BCUT2D eigenvalue weighted by molar-refractivity contribution is 5.15. The molecule has 0 aromatic rings. The fourth-order valence-electron chi connectivity index (χ4n) is 0.0854. The third-order valence-corrected chi connectivity index (χ3v) is 0.254. The van der Waals surface area contributed by atoms with Gasteiger partial charge in [0.15, 0.2) is 0 Å². The third kappa shape index (κ3) is 2.79. The lowest BCUT2D eigenvalue weighted by Gasteiger charge is -1.50. The summed E-state index contributed by atoms with van der Waals surface area (Å²) in [6, 6.07) is 1.75. The van der Waals surface area contributed by atoms with Crippen molar-refractivity contribution in [3.05, 3.63) is 12.2 Å². The van der Waals surface area contributed by atoms with E-state index < -0.39 is 0 Å².